The molecule has 88 valence electrons. The standard InChI is InChI=1S/C13H19NO2/c1-8(2)9-5-4-6-11-12(9)10(7-14-11)13(15)16-3/h7-9,14H,4-6H2,1-3H3. The summed E-state index contributed by atoms with van der Waals surface area (Å²) in [6.45, 7) is 4.43. The molecule has 0 spiro atoms. The molecule has 1 atom stereocenters. The summed E-state index contributed by atoms with van der Waals surface area (Å²) in [6.07, 6.45) is 5.23. The minimum Gasteiger partial charge on any atom is -0.465 e. The van der Waals surface area contributed by atoms with Gasteiger partial charge in [0.15, 0.2) is 0 Å². The first-order valence-electron chi connectivity index (χ1n) is 5.93. The van der Waals surface area contributed by atoms with E-state index < -0.39 is 0 Å². The maximum absolute atomic E-state index is 11.7. The van der Waals surface area contributed by atoms with Crippen molar-refractivity contribution >= 4 is 5.97 Å². The third-order valence-corrected chi connectivity index (χ3v) is 3.53. The number of fused-ring (bicyclic) bond motifs is 1. The van der Waals surface area contributed by atoms with Crippen LogP contribution in [0, 0.1) is 5.92 Å². The van der Waals surface area contributed by atoms with Gasteiger partial charge in [0, 0.05) is 11.9 Å². The third-order valence-electron chi connectivity index (χ3n) is 3.53. The maximum Gasteiger partial charge on any atom is 0.339 e. The van der Waals surface area contributed by atoms with Gasteiger partial charge in [-0.3, -0.25) is 0 Å². The molecule has 0 amide bonds. The molecule has 2 rings (SSSR count). The first-order valence-corrected chi connectivity index (χ1v) is 5.93. The molecule has 0 radical (unpaired) electrons. The first-order chi connectivity index (χ1) is 7.65. The number of hydrogen-bond donors (Lipinski definition) is 1. The summed E-state index contributed by atoms with van der Waals surface area (Å²) in [5, 5.41) is 0. The maximum atomic E-state index is 11.7. The summed E-state index contributed by atoms with van der Waals surface area (Å²) in [5.74, 6) is 0.840. The molecule has 1 aromatic heterocycles. The molecule has 0 fully saturated rings. The van der Waals surface area contributed by atoms with Crippen LogP contribution in [0.25, 0.3) is 0 Å². The quantitative estimate of drug-likeness (QED) is 0.780. The second-order valence-corrected chi connectivity index (χ2v) is 4.83. The van der Waals surface area contributed by atoms with Crippen LogP contribution < -0.4 is 0 Å². The number of methoxy groups -OCH3 is 1. The number of aromatic nitrogens is 1. The Hall–Kier alpha value is -1.25. The van der Waals surface area contributed by atoms with Crippen LogP contribution in [0.1, 0.15) is 54.2 Å². The van der Waals surface area contributed by atoms with Crippen molar-refractivity contribution in [3.63, 3.8) is 0 Å². The van der Waals surface area contributed by atoms with E-state index in [-0.39, 0.29) is 5.97 Å². The Morgan fingerprint density at radius 1 is 1.56 bits per heavy atom. The molecule has 0 aliphatic heterocycles. The van der Waals surface area contributed by atoms with Crippen LogP contribution in [0.15, 0.2) is 6.20 Å². The highest BCUT2D eigenvalue weighted by molar-refractivity contribution is 5.91. The van der Waals surface area contributed by atoms with E-state index in [9.17, 15) is 4.79 Å². The third kappa shape index (κ3) is 1.75. The van der Waals surface area contributed by atoms with Crippen LogP contribution >= 0.6 is 0 Å². The molecule has 0 saturated heterocycles. The smallest absolute Gasteiger partial charge is 0.339 e. The highest BCUT2D eigenvalue weighted by Gasteiger charge is 2.29. The zero-order chi connectivity index (χ0) is 11.7. The van der Waals surface area contributed by atoms with Crippen molar-refractivity contribution < 1.29 is 9.53 Å². The molecule has 16 heavy (non-hydrogen) atoms. The van der Waals surface area contributed by atoms with Gasteiger partial charge in [-0.1, -0.05) is 13.8 Å². The van der Waals surface area contributed by atoms with Crippen molar-refractivity contribution in [2.45, 2.75) is 39.0 Å². The van der Waals surface area contributed by atoms with Gasteiger partial charge in [-0.05, 0) is 36.7 Å². The molecule has 1 aromatic rings. The molecular weight excluding hydrogens is 202 g/mol. The fraction of sp³-hybridized carbons (Fsp3) is 0.615. The van der Waals surface area contributed by atoms with Crippen molar-refractivity contribution in [1.29, 1.82) is 0 Å². The van der Waals surface area contributed by atoms with Gasteiger partial charge in [0.1, 0.15) is 0 Å². The van der Waals surface area contributed by atoms with Crippen molar-refractivity contribution in [2.75, 3.05) is 7.11 Å². The lowest BCUT2D eigenvalue weighted by Gasteiger charge is -2.26. The second kappa shape index (κ2) is 4.32. The van der Waals surface area contributed by atoms with E-state index in [0.717, 1.165) is 12.0 Å². The molecule has 3 nitrogen and oxygen atoms in total. The van der Waals surface area contributed by atoms with E-state index in [0.29, 0.717) is 11.8 Å². The molecule has 0 bridgehead atoms. The summed E-state index contributed by atoms with van der Waals surface area (Å²) in [4.78, 5) is 14.9. The average Bonchev–Trinajstić information content (AvgIpc) is 2.71. The number of ether oxygens (including phenoxy) is 1. The highest BCUT2D eigenvalue weighted by Crippen LogP contribution is 2.38. The predicted octanol–water partition coefficient (Wildman–Crippen LogP) is 2.88. The largest absolute Gasteiger partial charge is 0.465 e. The summed E-state index contributed by atoms with van der Waals surface area (Å²) >= 11 is 0. The van der Waals surface area contributed by atoms with Crippen LogP contribution in [0.4, 0.5) is 0 Å². The van der Waals surface area contributed by atoms with E-state index in [2.05, 4.69) is 18.8 Å². The molecule has 0 aromatic carbocycles. The van der Waals surface area contributed by atoms with Gasteiger partial charge in [-0.25, -0.2) is 4.79 Å². The summed E-state index contributed by atoms with van der Waals surface area (Å²) in [7, 11) is 1.44. The van der Waals surface area contributed by atoms with Crippen LogP contribution in [0.5, 0.6) is 0 Å². The zero-order valence-electron chi connectivity index (χ0n) is 10.2. The van der Waals surface area contributed by atoms with Crippen LogP contribution in [-0.2, 0) is 11.2 Å². The lowest BCUT2D eigenvalue weighted by atomic mass is 9.78. The monoisotopic (exact) mass is 221 g/mol. The summed E-state index contributed by atoms with van der Waals surface area (Å²) < 4.78 is 4.83. The second-order valence-electron chi connectivity index (χ2n) is 4.83. The van der Waals surface area contributed by atoms with Crippen LogP contribution in [-0.4, -0.2) is 18.1 Å². The Balaban J connectivity index is 2.43. The lowest BCUT2D eigenvalue weighted by molar-refractivity contribution is 0.0598. The van der Waals surface area contributed by atoms with Gasteiger partial charge in [-0.2, -0.15) is 0 Å². The van der Waals surface area contributed by atoms with Crippen molar-refractivity contribution in [3.05, 3.63) is 23.0 Å². The highest BCUT2D eigenvalue weighted by atomic mass is 16.5. The van der Waals surface area contributed by atoms with Gasteiger partial charge in [0.25, 0.3) is 0 Å². The van der Waals surface area contributed by atoms with Crippen LogP contribution in [0.3, 0.4) is 0 Å². The molecule has 1 unspecified atom stereocenters. The van der Waals surface area contributed by atoms with Gasteiger partial charge < -0.3 is 9.72 Å². The molecule has 1 heterocycles. The predicted molar refractivity (Wildman–Crippen MR) is 62.6 cm³/mol. The number of carbonyl (C=O) groups excluding carboxylic acids is 1. The van der Waals surface area contributed by atoms with Gasteiger partial charge in [0.2, 0.25) is 0 Å². The number of nitrogens with one attached hydrogen (secondary N) is 1. The Morgan fingerprint density at radius 3 is 2.94 bits per heavy atom. The molecule has 3 heteroatoms. The molecule has 0 saturated carbocycles. The number of H-pyrrole nitrogens is 1. The number of hydrogen-bond acceptors (Lipinski definition) is 2. The van der Waals surface area contributed by atoms with Crippen LogP contribution in [0.2, 0.25) is 0 Å². The topological polar surface area (TPSA) is 42.1 Å². The average molecular weight is 221 g/mol. The van der Waals surface area contributed by atoms with E-state index in [4.69, 9.17) is 4.74 Å². The Bertz CT molecular complexity index is 393. The zero-order valence-corrected chi connectivity index (χ0v) is 10.2. The SMILES string of the molecule is COC(=O)c1c[nH]c2c1C(C(C)C)CCC2. The fourth-order valence-corrected chi connectivity index (χ4v) is 2.70. The van der Waals surface area contributed by atoms with E-state index >= 15 is 0 Å². The number of carbonyl (C=O) groups is 1. The summed E-state index contributed by atoms with van der Waals surface area (Å²) in [6, 6.07) is 0. The normalized spacial score (nSPS) is 19.6. The van der Waals surface area contributed by atoms with Crippen molar-refractivity contribution in [1.82, 2.24) is 4.98 Å². The van der Waals surface area contributed by atoms with E-state index in [1.807, 2.05) is 0 Å². The first kappa shape index (κ1) is 11.2. The Morgan fingerprint density at radius 2 is 2.31 bits per heavy atom. The van der Waals surface area contributed by atoms with Gasteiger partial charge in [-0.15, -0.1) is 0 Å². The van der Waals surface area contributed by atoms with E-state index in [1.54, 1.807) is 6.20 Å². The van der Waals surface area contributed by atoms with Gasteiger partial charge >= 0.3 is 5.97 Å². The lowest BCUT2D eigenvalue weighted by Crippen LogP contribution is -2.17. The number of esters is 1. The molecule has 1 aliphatic rings. The molecule has 1 aliphatic carbocycles. The number of aromatic amines is 1. The molecular formula is C13H19NO2. The number of rotatable bonds is 2. The Kier molecular flexibility index (Phi) is 3.03. The fourth-order valence-electron chi connectivity index (χ4n) is 2.70. The minimum atomic E-state index is -0.218. The van der Waals surface area contributed by atoms with Crippen molar-refractivity contribution in [3.8, 4) is 0 Å². The number of aryl methyl sites for hydroxylation is 1. The molecule has 1 N–H and O–H groups in total. The summed E-state index contributed by atoms with van der Waals surface area (Å²) in [5.41, 5.74) is 3.16. The van der Waals surface area contributed by atoms with E-state index in [1.165, 1.54) is 31.2 Å². The Labute approximate surface area is 96.2 Å². The van der Waals surface area contributed by atoms with Crippen molar-refractivity contribution in [2.24, 2.45) is 5.92 Å². The minimum absolute atomic E-state index is 0.218. The van der Waals surface area contributed by atoms with Gasteiger partial charge in [0.05, 0.1) is 12.7 Å².